The molecule has 2 aliphatic carbocycles. The summed E-state index contributed by atoms with van der Waals surface area (Å²) < 4.78 is 0. The standard InChI is InChI=1S/C13H23NO2/c1-5-6-7-16-14-11-9-8(2)10(9)12(15)13(11,3)4/h8-10,12,15H,5-7H2,1-4H3/b14-11-/t8-,9-,10+,12-/m0/s1. The zero-order valence-electron chi connectivity index (χ0n) is 10.7. The highest BCUT2D eigenvalue weighted by Crippen LogP contribution is 2.61. The van der Waals surface area contributed by atoms with E-state index in [2.05, 4.69) is 32.9 Å². The molecule has 3 nitrogen and oxygen atoms in total. The van der Waals surface area contributed by atoms with Gasteiger partial charge in [-0.3, -0.25) is 0 Å². The Morgan fingerprint density at radius 2 is 2.12 bits per heavy atom. The van der Waals surface area contributed by atoms with E-state index in [1.165, 1.54) is 0 Å². The summed E-state index contributed by atoms with van der Waals surface area (Å²) in [6.45, 7) is 9.16. The van der Waals surface area contributed by atoms with Crippen LogP contribution in [0.5, 0.6) is 0 Å². The van der Waals surface area contributed by atoms with Gasteiger partial charge in [0.2, 0.25) is 0 Å². The van der Waals surface area contributed by atoms with Gasteiger partial charge in [-0.2, -0.15) is 0 Å². The molecule has 0 bridgehead atoms. The topological polar surface area (TPSA) is 41.8 Å². The molecular weight excluding hydrogens is 202 g/mol. The fourth-order valence-electron chi connectivity index (χ4n) is 2.97. The first-order chi connectivity index (χ1) is 7.51. The molecule has 2 fully saturated rings. The molecule has 1 N–H and O–H groups in total. The molecule has 2 saturated carbocycles. The SMILES string of the molecule is CCCCO/N=C1/[C@H]2[C@H](C)[C@H]2[C@H](O)C1(C)C. The van der Waals surface area contributed by atoms with Gasteiger partial charge in [-0.25, -0.2) is 0 Å². The van der Waals surface area contributed by atoms with Gasteiger partial charge in [0.25, 0.3) is 0 Å². The molecule has 0 unspecified atom stereocenters. The van der Waals surface area contributed by atoms with E-state index in [-0.39, 0.29) is 11.5 Å². The van der Waals surface area contributed by atoms with E-state index in [1.807, 2.05) is 0 Å². The minimum atomic E-state index is -0.249. The maximum atomic E-state index is 10.2. The quantitative estimate of drug-likeness (QED) is 0.590. The summed E-state index contributed by atoms with van der Waals surface area (Å²) in [5, 5.41) is 14.5. The fourth-order valence-corrected chi connectivity index (χ4v) is 2.97. The van der Waals surface area contributed by atoms with Crippen molar-refractivity contribution < 1.29 is 9.94 Å². The molecule has 0 heterocycles. The van der Waals surface area contributed by atoms with Crippen LogP contribution in [0, 0.1) is 23.2 Å². The van der Waals surface area contributed by atoms with Gasteiger partial charge < -0.3 is 9.94 Å². The van der Waals surface area contributed by atoms with Crippen molar-refractivity contribution >= 4 is 5.71 Å². The summed E-state index contributed by atoms with van der Waals surface area (Å²) in [7, 11) is 0. The van der Waals surface area contributed by atoms with E-state index in [9.17, 15) is 5.11 Å². The summed E-state index contributed by atoms with van der Waals surface area (Å²) in [6.07, 6.45) is 1.92. The molecule has 0 aromatic heterocycles. The van der Waals surface area contributed by atoms with Crippen molar-refractivity contribution in [2.24, 2.45) is 28.3 Å². The van der Waals surface area contributed by atoms with E-state index in [1.54, 1.807) is 0 Å². The Morgan fingerprint density at radius 1 is 1.44 bits per heavy atom. The van der Waals surface area contributed by atoms with Crippen LogP contribution in [0.25, 0.3) is 0 Å². The molecule has 0 saturated heterocycles. The van der Waals surface area contributed by atoms with Crippen molar-refractivity contribution in [2.75, 3.05) is 6.61 Å². The molecule has 4 atom stereocenters. The number of hydrogen-bond donors (Lipinski definition) is 1. The van der Waals surface area contributed by atoms with Gasteiger partial charge in [-0.15, -0.1) is 0 Å². The summed E-state index contributed by atoms with van der Waals surface area (Å²) in [5.41, 5.74) is 0.877. The lowest BCUT2D eigenvalue weighted by Crippen LogP contribution is -2.35. The Balaban J connectivity index is 2.02. The Kier molecular flexibility index (Phi) is 2.99. The smallest absolute Gasteiger partial charge is 0.117 e. The van der Waals surface area contributed by atoms with Crippen LogP contribution < -0.4 is 0 Å². The van der Waals surface area contributed by atoms with E-state index >= 15 is 0 Å². The zero-order chi connectivity index (χ0) is 11.9. The summed E-state index contributed by atoms with van der Waals surface area (Å²) in [5.74, 6) is 1.46. The van der Waals surface area contributed by atoms with Crippen LogP contribution in [0.1, 0.15) is 40.5 Å². The summed E-state index contributed by atoms with van der Waals surface area (Å²) >= 11 is 0. The molecule has 92 valence electrons. The van der Waals surface area contributed by atoms with Gasteiger partial charge in [0.15, 0.2) is 0 Å². The predicted octanol–water partition coefficient (Wildman–Crippen LogP) is 2.44. The number of nitrogens with zero attached hydrogens (tertiary/aromatic N) is 1. The third kappa shape index (κ3) is 1.65. The largest absolute Gasteiger partial charge is 0.396 e. The van der Waals surface area contributed by atoms with E-state index in [4.69, 9.17) is 4.84 Å². The number of aliphatic hydroxyl groups excluding tert-OH is 1. The van der Waals surface area contributed by atoms with Crippen LogP contribution in [-0.4, -0.2) is 23.5 Å². The van der Waals surface area contributed by atoms with Crippen molar-refractivity contribution in [3.8, 4) is 0 Å². The Bertz CT molecular complexity index is 298. The van der Waals surface area contributed by atoms with E-state index in [0.717, 1.165) is 18.6 Å². The molecule has 2 rings (SSSR count). The van der Waals surface area contributed by atoms with Gasteiger partial charge in [0.1, 0.15) is 6.61 Å². The van der Waals surface area contributed by atoms with Crippen molar-refractivity contribution in [3.63, 3.8) is 0 Å². The number of unbranched alkanes of at least 4 members (excludes halogenated alkanes) is 1. The minimum absolute atomic E-state index is 0.200. The molecule has 0 aliphatic heterocycles. The van der Waals surface area contributed by atoms with Crippen LogP contribution >= 0.6 is 0 Å². The second-order valence-corrected chi connectivity index (χ2v) is 5.79. The second kappa shape index (κ2) is 4.02. The first-order valence-corrected chi connectivity index (χ1v) is 6.40. The van der Waals surface area contributed by atoms with Crippen LogP contribution in [0.2, 0.25) is 0 Å². The van der Waals surface area contributed by atoms with Crippen molar-refractivity contribution in [3.05, 3.63) is 0 Å². The molecule has 0 aromatic rings. The number of fused-ring (bicyclic) bond motifs is 1. The third-order valence-electron chi connectivity index (χ3n) is 4.28. The molecule has 3 heteroatoms. The maximum absolute atomic E-state index is 10.2. The lowest BCUT2D eigenvalue weighted by Gasteiger charge is -2.27. The highest BCUT2D eigenvalue weighted by Gasteiger charge is 2.66. The summed E-state index contributed by atoms with van der Waals surface area (Å²) in [6, 6.07) is 0. The summed E-state index contributed by atoms with van der Waals surface area (Å²) in [4.78, 5) is 5.36. The molecular formula is C13H23NO2. The Labute approximate surface area is 97.9 Å². The molecule has 0 radical (unpaired) electrons. The average molecular weight is 225 g/mol. The second-order valence-electron chi connectivity index (χ2n) is 5.79. The van der Waals surface area contributed by atoms with Crippen molar-refractivity contribution in [1.29, 1.82) is 0 Å². The average Bonchev–Trinajstić information content (AvgIpc) is 2.81. The highest BCUT2D eigenvalue weighted by molar-refractivity contribution is 5.97. The monoisotopic (exact) mass is 225 g/mol. The van der Waals surface area contributed by atoms with Crippen LogP contribution in [0.15, 0.2) is 5.16 Å². The highest BCUT2D eigenvalue weighted by atomic mass is 16.6. The normalized spacial score (nSPS) is 42.2. The number of oxime groups is 1. The number of hydrogen-bond acceptors (Lipinski definition) is 3. The molecule has 2 aliphatic rings. The van der Waals surface area contributed by atoms with Crippen molar-refractivity contribution in [2.45, 2.75) is 46.6 Å². The van der Waals surface area contributed by atoms with Gasteiger partial charge in [-0.05, 0) is 18.3 Å². The van der Waals surface area contributed by atoms with Gasteiger partial charge >= 0.3 is 0 Å². The zero-order valence-corrected chi connectivity index (χ0v) is 10.7. The Morgan fingerprint density at radius 3 is 2.69 bits per heavy atom. The van der Waals surface area contributed by atoms with Gasteiger partial charge in [-0.1, -0.05) is 39.3 Å². The maximum Gasteiger partial charge on any atom is 0.117 e. The Hall–Kier alpha value is -0.570. The lowest BCUT2D eigenvalue weighted by atomic mass is 9.82. The lowest BCUT2D eigenvalue weighted by molar-refractivity contribution is 0.0748. The van der Waals surface area contributed by atoms with E-state index in [0.29, 0.717) is 24.4 Å². The molecule has 16 heavy (non-hydrogen) atoms. The molecule has 0 aromatic carbocycles. The number of rotatable bonds is 4. The third-order valence-corrected chi connectivity index (χ3v) is 4.28. The molecule has 0 amide bonds. The fraction of sp³-hybridized carbons (Fsp3) is 0.923. The van der Waals surface area contributed by atoms with Gasteiger partial charge in [0, 0.05) is 11.3 Å². The van der Waals surface area contributed by atoms with Crippen molar-refractivity contribution in [1.82, 2.24) is 0 Å². The first kappa shape index (κ1) is 11.9. The van der Waals surface area contributed by atoms with E-state index < -0.39 is 0 Å². The molecule has 0 spiro atoms. The van der Waals surface area contributed by atoms with Crippen LogP contribution in [-0.2, 0) is 4.84 Å². The van der Waals surface area contributed by atoms with Crippen LogP contribution in [0.3, 0.4) is 0 Å². The van der Waals surface area contributed by atoms with Crippen LogP contribution in [0.4, 0.5) is 0 Å². The van der Waals surface area contributed by atoms with Gasteiger partial charge in [0.05, 0.1) is 11.8 Å². The first-order valence-electron chi connectivity index (χ1n) is 6.40. The predicted molar refractivity (Wildman–Crippen MR) is 64.2 cm³/mol. The number of aliphatic hydroxyl groups is 1. The minimum Gasteiger partial charge on any atom is -0.396 e.